The van der Waals surface area contributed by atoms with Crippen molar-refractivity contribution < 1.29 is 9.90 Å². The number of carbonyl (C=O) groups excluding carboxylic acids is 1. The molecule has 8 nitrogen and oxygen atoms in total. The summed E-state index contributed by atoms with van der Waals surface area (Å²) in [5, 5.41) is 20.3. The van der Waals surface area contributed by atoms with E-state index in [9.17, 15) is 9.90 Å². The molecule has 5 aromatic rings. The molecule has 1 amide bonds. The van der Waals surface area contributed by atoms with Crippen molar-refractivity contribution in [3.05, 3.63) is 84.6 Å². The van der Waals surface area contributed by atoms with Crippen LogP contribution in [0, 0.1) is 5.92 Å². The Balaban J connectivity index is 1.01. The van der Waals surface area contributed by atoms with Gasteiger partial charge in [-0.25, -0.2) is 4.98 Å². The number of amides is 1. The Labute approximate surface area is 246 Å². The quantitative estimate of drug-likeness (QED) is 0.207. The van der Waals surface area contributed by atoms with Gasteiger partial charge in [-0.05, 0) is 74.4 Å². The predicted molar refractivity (Wildman–Crippen MR) is 170 cm³/mol. The minimum Gasteiger partial charge on any atom is -0.494 e. The Morgan fingerprint density at radius 1 is 0.952 bits per heavy atom. The molecule has 1 unspecified atom stereocenters. The topological polar surface area (TPSA) is 95.3 Å². The molecule has 42 heavy (non-hydrogen) atoms. The molecule has 2 aromatic heterocycles. The number of carbonyl (C=O) groups is 1. The second-order valence-corrected chi connectivity index (χ2v) is 11.6. The summed E-state index contributed by atoms with van der Waals surface area (Å²) in [4.78, 5) is 24.6. The van der Waals surface area contributed by atoms with E-state index >= 15 is 0 Å². The number of fused-ring (bicyclic) bond motifs is 2. The third-order valence-electron chi connectivity index (χ3n) is 8.51. The molecule has 0 radical (unpaired) electrons. The van der Waals surface area contributed by atoms with E-state index in [0.717, 1.165) is 64.4 Å². The van der Waals surface area contributed by atoms with Crippen LogP contribution in [-0.4, -0.2) is 52.2 Å². The van der Waals surface area contributed by atoms with Gasteiger partial charge in [-0.15, -0.1) is 0 Å². The third kappa shape index (κ3) is 5.62. The highest BCUT2D eigenvalue weighted by Crippen LogP contribution is 2.31. The van der Waals surface area contributed by atoms with E-state index in [-0.39, 0.29) is 17.7 Å². The van der Waals surface area contributed by atoms with E-state index in [2.05, 4.69) is 16.7 Å². The second kappa shape index (κ2) is 11.7. The molecule has 1 saturated carbocycles. The zero-order valence-corrected chi connectivity index (χ0v) is 24.4. The number of nitrogens with one attached hydrogen (secondary N) is 2. The summed E-state index contributed by atoms with van der Waals surface area (Å²) in [6, 6.07) is 24.0. The number of benzene rings is 3. The summed E-state index contributed by atoms with van der Waals surface area (Å²) in [5.74, 6) is 2.05. The Morgan fingerprint density at radius 2 is 1.64 bits per heavy atom. The van der Waals surface area contributed by atoms with Crippen molar-refractivity contribution in [2.24, 2.45) is 5.92 Å². The summed E-state index contributed by atoms with van der Waals surface area (Å²) < 4.78 is 1.78. The standard InChI is InChI=1S/C34H38N6O2/c1-22(24-14-18-27(19-15-24)40-21-25-8-4-5-9-28(25)33(40)42)32(41)35-20-23-12-16-26(17-13-23)36-34-37-30-11-7-6-10-29(30)31(38-34)39(2)3/h4-11,14-15,18-19,21-23,26,42H,12-13,16-17,20H2,1-3H3,(H,35,41)(H,36,37,38). The number of anilines is 2. The summed E-state index contributed by atoms with van der Waals surface area (Å²) in [6.45, 7) is 2.63. The molecule has 0 saturated heterocycles. The van der Waals surface area contributed by atoms with Gasteiger partial charge in [0.15, 0.2) is 0 Å². The van der Waals surface area contributed by atoms with Gasteiger partial charge in [0, 0.05) is 54.7 Å². The van der Waals surface area contributed by atoms with Gasteiger partial charge in [-0.3, -0.25) is 9.36 Å². The van der Waals surface area contributed by atoms with Crippen molar-refractivity contribution in [2.75, 3.05) is 30.9 Å². The third-order valence-corrected chi connectivity index (χ3v) is 8.51. The van der Waals surface area contributed by atoms with Gasteiger partial charge in [0.05, 0.1) is 11.4 Å². The molecular formula is C34H38N6O2. The highest BCUT2D eigenvalue weighted by Gasteiger charge is 2.24. The lowest BCUT2D eigenvalue weighted by atomic mass is 9.86. The fourth-order valence-electron chi connectivity index (χ4n) is 5.97. The van der Waals surface area contributed by atoms with Crippen LogP contribution < -0.4 is 15.5 Å². The average molecular weight is 563 g/mol. The normalized spacial score (nSPS) is 17.7. The molecule has 8 heteroatoms. The average Bonchev–Trinajstić information content (AvgIpc) is 3.36. The number of para-hydroxylation sites is 1. The summed E-state index contributed by atoms with van der Waals surface area (Å²) in [5.41, 5.74) is 2.75. The molecule has 1 aliphatic carbocycles. The smallest absolute Gasteiger partial charge is 0.227 e. The first-order chi connectivity index (χ1) is 20.4. The van der Waals surface area contributed by atoms with Crippen LogP contribution in [0.4, 0.5) is 11.8 Å². The number of aromatic nitrogens is 3. The summed E-state index contributed by atoms with van der Waals surface area (Å²) in [6.07, 6.45) is 6.06. The Kier molecular flexibility index (Phi) is 7.69. The van der Waals surface area contributed by atoms with E-state index in [1.54, 1.807) is 4.57 Å². The molecule has 1 atom stereocenters. The molecule has 3 N–H and O–H groups in total. The Hall–Kier alpha value is -4.59. The van der Waals surface area contributed by atoms with Crippen molar-refractivity contribution in [1.82, 2.24) is 19.9 Å². The number of nitrogens with zero attached hydrogens (tertiary/aromatic N) is 4. The minimum absolute atomic E-state index is 0.0401. The first kappa shape index (κ1) is 27.6. The van der Waals surface area contributed by atoms with E-state index in [1.165, 1.54) is 0 Å². The van der Waals surface area contributed by atoms with Gasteiger partial charge in [0.25, 0.3) is 0 Å². The highest BCUT2D eigenvalue weighted by atomic mass is 16.3. The number of hydrogen-bond acceptors (Lipinski definition) is 6. The van der Waals surface area contributed by atoms with Gasteiger partial charge in [0.1, 0.15) is 5.82 Å². The van der Waals surface area contributed by atoms with Crippen LogP contribution in [-0.2, 0) is 4.79 Å². The van der Waals surface area contributed by atoms with E-state index in [1.807, 2.05) is 98.8 Å². The number of hydrogen-bond donors (Lipinski definition) is 3. The fraction of sp³-hybridized carbons (Fsp3) is 0.324. The molecule has 216 valence electrons. The van der Waals surface area contributed by atoms with Gasteiger partial charge in [0.2, 0.25) is 17.7 Å². The van der Waals surface area contributed by atoms with E-state index in [0.29, 0.717) is 24.5 Å². The van der Waals surface area contributed by atoms with Crippen molar-refractivity contribution in [2.45, 2.75) is 44.6 Å². The maximum atomic E-state index is 13.0. The zero-order valence-electron chi connectivity index (χ0n) is 24.4. The SMILES string of the molecule is CC(C(=O)NCC1CCC(Nc2nc(N(C)C)c3ccccc3n2)CC1)c1ccc(-n2cc3ccccc3c2O)cc1. The largest absolute Gasteiger partial charge is 0.494 e. The van der Waals surface area contributed by atoms with Crippen LogP contribution in [0.5, 0.6) is 5.88 Å². The fourth-order valence-corrected chi connectivity index (χ4v) is 5.97. The lowest BCUT2D eigenvalue weighted by Gasteiger charge is -2.30. The Morgan fingerprint density at radius 3 is 2.36 bits per heavy atom. The van der Waals surface area contributed by atoms with E-state index < -0.39 is 0 Å². The van der Waals surface area contributed by atoms with Crippen LogP contribution in [0.15, 0.2) is 79.0 Å². The number of aromatic hydroxyl groups is 1. The molecule has 1 aliphatic rings. The first-order valence-corrected chi connectivity index (χ1v) is 14.7. The lowest BCUT2D eigenvalue weighted by Crippen LogP contribution is -2.36. The molecular weight excluding hydrogens is 524 g/mol. The van der Waals surface area contributed by atoms with Crippen molar-refractivity contribution in [3.63, 3.8) is 0 Å². The van der Waals surface area contributed by atoms with Crippen molar-refractivity contribution >= 4 is 39.3 Å². The molecule has 2 heterocycles. The minimum atomic E-state index is -0.259. The maximum absolute atomic E-state index is 13.0. The van der Waals surface area contributed by atoms with E-state index in [4.69, 9.17) is 9.97 Å². The summed E-state index contributed by atoms with van der Waals surface area (Å²) in [7, 11) is 4.01. The lowest BCUT2D eigenvalue weighted by molar-refractivity contribution is -0.122. The van der Waals surface area contributed by atoms with Crippen LogP contribution >= 0.6 is 0 Å². The molecule has 0 aliphatic heterocycles. The highest BCUT2D eigenvalue weighted by molar-refractivity contribution is 5.90. The van der Waals surface area contributed by atoms with Gasteiger partial charge >= 0.3 is 0 Å². The van der Waals surface area contributed by atoms with Gasteiger partial charge in [-0.2, -0.15) is 4.98 Å². The molecule has 6 rings (SSSR count). The second-order valence-electron chi connectivity index (χ2n) is 11.6. The molecule has 0 bridgehead atoms. The predicted octanol–water partition coefficient (Wildman–Crippen LogP) is 6.24. The molecule has 1 fully saturated rings. The van der Waals surface area contributed by atoms with Crippen LogP contribution in [0.3, 0.4) is 0 Å². The van der Waals surface area contributed by atoms with Gasteiger partial charge in [-0.1, -0.05) is 42.5 Å². The van der Waals surface area contributed by atoms with Crippen LogP contribution in [0.1, 0.15) is 44.1 Å². The molecule has 0 spiro atoms. The van der Waals surface area contributed by atoms with Crippen molar-refractivity contribution in [3.8, 4) is 11.6 Å². The van der Waals surface area contributed by atoms with Crippen LogP contribution in [0.25, 0.3) is 27.4 Å². The monoisotopic (exact) mass is 562 g/mol. The van der Waals surface area contributed by atoms with Gasteiger partial charge < -0.3 is 20.6 Å². The zero-order chi connectivity index (χ0) is 29.2. The number of rotatable bonds is 8. The molecule has 3 aromatic carbocycles. The van der Waals surface area contributed by atoms with Crippen LogP contribution in [0.2, 0.25) is 0 Å². The maximum Gasteiger partial charge on any atom is 0.227 e. The van der Waals surface area contributed by atoms with Crippen molar-refractivity contribution in [1.29, 1.82) is 0 Å². The summed E-state index contributed by atoms with van der Waals surface area (Å²) >= 11 is 0. The first-order valence-electron chi connectivity index (χ1n) is 14.7. The Bertz CT molecular complexity index is 1700.